The minimum absolute atomic E-state index is 0.00943. The second-order valence-electron chi connectivity index (χ2n) is 22.1. The van der Waals surface area contributed by atoms with Gasteiger partial charge in [-0.3, -0.25) is 9.59 Å². The molecule has 0 aromatic carbocycles. The number of nitrogens with one attached hydrogen (secondary N) is 1. The third kappa shape index (κ3) is 57.5. The lowest BCUT2D eigenvalue weighted by Gasteiger charge is -2.22. The summed E-state index contributed by atoms with van der Waals surface area (Å²) < 4.78 is 5.50. The number of amides is 1. The maximum absolute atomic E-state index is 12.4. The van der Waals surface area contributed by atoms with Crippen molar-refractivity contribution < 1.29 is 24.5 Å². The molecular weight excluding hydrogens is 875 g/mol. The molecule has 0 aromatic heterocycles. The first-order valence-electron chi connectivity index (χ1n) is 32.1. The Morgan fingerprint density at radius 1 is 0.394 bits per heavy atom. The summed E-state index contributed by atoms with van der Waals surface area (Å²) in [6.45, 7) is 4.94. The summed E-state index contributed by atoms with van der Waals surface area (Å²) in [4.78, 5) is 24.5. The van der Waals surface area contributed by atoms with E-state index in [9.17, 15) is 19.8 Å². The van der Waals surface area contributed by atoms with Crippen LogP contribution in [0.4, 0.5) is 0 Å². The fraction of sp³-hybridized carbons (Fsp3) is 0.908. The molecular formula is C65H125NO5. The first-order chi connectivity index (χ1) is 35.0. The molecule has 0 aliphatic rings. The second kappa shape index (κ2) is 60.9. The molecule has 71 heavy (non-hydrogen) atoms. The zero-order valence-corrected chi connectivity index (χ0v) is 48.0. The van der Waals surface area contributed by atoms with E-state index in [1.54, 1.807) is 0 Å². The Labute approximate surface area is 443 Å². The van der Waals surface area contributed by atoms with Crippen LogP contribution in [0.1, 0.15) is 354 Å². The number of ether oxygens (including phenoxy) is 1. The summed E-state index contributed by atoms with van der Waals surface area (Å²) in [5.74, 6) is -0.0236. The van der Waals surface area contributed by atoms with Crippen molar-refractivity contribution in [3.63, 3.8) is 0 Å². The number of hydrogen-bond donors (Lipinski definition) is 3. The number of esters is 1. The Morgan fingerprint density at radius 2 is 0.704 bits per heavy atom. The number of carbonyl (C=O) groups is 2. The lowest BCUT2D eigenvalue weighted by molar-refractivity contribution is -0.143. The molecule has 6 heteroatoms. The minimum atomic E-state index is -0.661. The second-order valence-corrected chi connectivity index (χ2v) is 22.1. The first kappa shape index (κ1) is 69.3. The van der Waals surface area contributed by atoms with Gasteiger partial charge in [-0.05, 0) is 57.8 Å². The van der Waals surface area contributed by atoms with Crippen molar-refractivity contribution in [2.45, 2.75) is 366 Å². The van der Waals surface area contributed by atoms with Crippen LogP contribution in [0.5, 0.6) is 0 Å². The zero-order chi connectivity index (χ0) is 51.4. The summed E-state index contributed by atoms with van der Waals surface area (Å²) in [6.07, 6.45) is 74.9. The summed E-state index contributed by atoms with van der Waals surface area (Å²) in [5, 5.41) is 23.2. The Bertz CT molecular complexity index is 1110. The monoisotopic (exact) mass is 1000 g/mol. The van der Waals surface area contributed by atoms with Crippen molar-refractivity contribution in [3.05, 3.63) is 24.3 Å². The molecule has 6 nitrogen and oxygen atoms in total. The molecule has 0 bridgehead atoms. The van der Waals surface area contributed by atoms with Crippen molar-refractivity contribution in [1.29, 1.82) is 0 Å². The van der Waals surface area contributed by atoms with Crippen molar-refractivity contribution in [1.82, 2.24) is 5.32 Å². The molecule has 3 N–H and O–H groups in total. The largest absolute Gasteiger partial charge is 0.466 e. The summed E-state index contributed by atoms with van der Waals surface area (Å²) in [6, 6.07) is -0.538. The highest BCUT2D eigenvalue weighted by molar-refractivity contribution is 5.76. The van der Waals surface area contributed by atoms with Crippen LogP contribution in [-0.2, 0) is 14.3 Å². The standard InChI is InChI=1S/C65H125NO5/c1-3-5-7-9-11-13-15-16-17-18-29-32-35-39-43-47-51-55-59-65(70)71-60-56-52-48-44-40-36-33-30-27-25-23-21-19-20-22-24-26-28-31-34-38-42-46-50-54-58-64(69)66-62(61-67)63(68)57-53-49-45-41-37-14-12-10-8-6-4-2/h13,15,17-18,62-63,67-68H,3-12,14,16,19-61H2,1-2H3,(H,66,69)/b15-13-,18-17-. The molecule has 0 saturated heterocycles. The quantitative estimate of drug-likeness (QED) is 0.0320. The molecule has 0 aliphatic heterocycles. The fourth-order valence-corrected chi connectivity index (χ4v) is 10.1. The van der Waals surface area contributed by atoms with Gasteiger partial charge in [0.05, 0.1) is 25.4 Å². The normalized spacial score (nSPS) is 12.7. The molecule has 0 radical (unpaired) electrons. The lowest BCUT2D eigenvalue weighted by Crippen LogP contribution is -2.45. The summed E-state index contributed by atoms with van der Waals surface area (Å²) >= 11 is 0. The predicted octanol–water partition coefficient (Wildman–Crippen LogP) is 20.2. The van der Waals surface area contributed by atoms with E-state index in [4.69, 9.17) is 4.74 Å². The van der Waals surface area contributed by atoms with Gasteiger partial charge in [0.15, 0.2) is 0 Å². The summed E-state index contributed by atoms with van der Waals surface area (Å²) in [7, 11) is 0. The van der Waals surface area contributed by atoms with Gasteiger partial charge in [-0.1, -0.05) is 308 Å². The molecule has 2 unspecified atom stereocenters. The van der Waals surface area contributed by atoms with E-state index in [0.717, 1.165) is 51.4 Å². The van der Waals surface area contributed by atoms with Gasteiger partial charge in [-0.15, -0.1) is 0 Å². The van der Waals surface area contributed by atoms with Crippen LogP contribution in [0.3, 0.4) is 0 Å². The summed E-state index contributed by atoms with van der Waals surface area (Å²) in [5.41, 5.74) is 0. The number of rotatable bonds is 60. The van der Waals surface area contributed by atoms with Crippen molar-refractivity contribution in [3.8, 4) is 0 Å². The van der Waals surface area contributed by atoms with E-state index in [2.05, 4.69) is 43.5 Å². The predicted molar refractivity (Wildman–Crippen MR) is 310 cm³/mol. The number of aliphatic hydroxyl groups is 2. The number of hydrogen-bond acceptors (Lipinski definition) is 5. The maximum Gasteiger partial charge on any atom is 0.305 e. The Balaban J connectivity index is 3.33. The Hall–Kier alpha value is -1.66. The Morgan fingerprint density at radius 3 is 1.08 bits per heavy atom. The molecule has 2 atom stereocenters. The minimum Gasteiger partial charge on any atom is -0.466 e. The highest BCUT2D eigenvalue weighted by Gasteiger charge is 2.20. The first-order valence-corrected chi connectivity index (χ1v) is 32.1. The molecule has 420 valence electrons. The topological polar surface area (TPSA) is 95.9 Å². The third-order valence-corrected chi connectivity index (χ3v) is 15.0. The molecule has 0 aliphatic carbocycles. The average molecular weight is 1000 g/mol. The molecule has 0 fully saturated rings. The molecule has 1 amide bonds. The van der Waals surface area contributed by atoms with Gasteiger partial charge in [0.2, 0.25) is 5.91 Å². The van der Waals surface area contributed by atoms with Crippen LogP contribution in [0.2, 0.25) is 0 Å². The molecule has 0 saturated carbocycles. The van der Waals surface area contributed by atoms with Crippen LogP contribution in [0.15, 0.2) is 24.3 Å². The van der Waals surface area contributed by atoms with E-state index >= 15 is 0 Å². The molecule has 0 heterocycles. The van der Waals surface area contributed by atoms with Crippen molar-refractivity contribution in [2.24, 2.45) is 0 Å². The van der Waals surface area contributed by atoms with Crippen molar-refractivity contribution >= 4 is 11.9 Å². The lowest BCUT2D eigenvalue weighted by atomic mass is 10.0. The maximum atomic E-state index is 12.4. The molecule has 0 spiro atoms. The Kier molecular flexibility index (Phi) is 59.5. The zero-order valence-electron chi connectivity index (χ0n) is 48.0. The molecule has 0 rings (SSSR count). The third-order valence-electron chi connectivity index (χ3n) is 15.0. The fourth-order valence-electron chi connectivity index (χ4n) is 10.1. The SMILES string of the molecule is CCCCCC/C=C\C/C=C\CCCCCCCCCC(=O)OCCCCCCCCCCCCCCCCCCCCCCCCCCCC(=O)NC(CO)C(O)CCCCCCCCCCCCC. The smallest absolute Gasteiger partial charge is 0.305 e. The van der Waals surface area contributed by atoms with Gasteiger partial charge in [-0.25, -0.2) is 0 Å². The van der Waals surface area contributed by atoms with Crippen LogP contribution in [0.25, 0.3) is 0 Å². The van der Waals surface area contributed by atoms with Crippen LogP contribution < -0.4 is 5.32 Å². The van der Waals surface area contributed by atoms with Gasteiger partial charge in [0.25, 0.3) is 0 Å². The number of aliphatic hydroxyl groups excluding tert-OH is 2. The van der Waals surface area contributed by atoms with Crippen molar-refractivity contribution in [2.75, 3.05) is 13.2 Å². The van der Waals surface area contributed by atoms with Gasteiger partial charge in [0.1, 0.15) is 0 Å². The van der Waals surface area contributed by atoms with E-state index < -0.39 is 12.1 Å². The van der Waals surface area contributed by atoms with E-state index in [-0.39, 0.29) is 18.5 Å². The van der Waals surface area contributed by atoms with Gasteiger partial charge < -0.3 is 20.3 Å². The highest BCUT2D eigenvalue weighted by Crippen LogP contribution is 2.18. The van der Waals surface area contributed by atoms with E-state index in [1.807, 2.05) is 0 Å². The average Bonchev–Trinajstić information content (AvgIpc) is 3.37. The van der Waals surface area contributed by atoms with E-state index in [1.165, 1.54) is 270 Å². The number of carbonyl (C=O) groups excluding carboxylic acids is 2. The van der Waals surface area contributed by atoms with Gasteiger partial charge in [0, 0.05) is 12.8 Å². The van der Waals surface area contributed by atoms with Crippen LogP contribution in [0, 0.1) is 0 Å². The number of allylic oxidation sites excluding steroid dienone is 4. The van der Waals surface area contributed by atoms with Crippen LogP contribution in [-0.4, -0.2) is 47.4 Å². The molecule has 0 aromatic rings. The van der Waals surface area contributed by atoms with Gasteiger partial charge >= 0.3 is 5.97 Å². The number of unbranched alkanes of at least 4 members (excludes halogenated alkanes) is 45. The highest BCUT2D eigenvalue weighted by atomic mass is 16.5. The van der Waals surface area contributed by atoms with Crippen LogP contribution >= 0.6 is 0 Å². The van der Waals surface area contributed by atoms with Gasteiger partial charge in [-0.2, -0.15) is 0 Å². The van der Waals surface area contributed by atoms with E-state index in [0.29, 0.717) is 25.9 Å².